The monoisotopic (exact) mass is 371 g/mol. The van der Waals surface area contributed by atoms with Crippen LogP contribution in [0.2, 0.25) is 0 Å². The molecule has 0 saturated heterocycles. The van der Waals surface area contributed by atoms with Crippen LogP contribution in [0.1, 0.15) is 39.7 Å². The summed E-state index contributed by atoms with van der Waals surface area (Å²) in [7, 11) is 0. The largest absolute Gasteiger partial charge is 0.443 e. The molecule has 1 aliphatic carbocycles. The zero-order valence-electron chi connectivity index (χ0n) is 14.2. The first-order valence-corrected chi connectivity index (χ1v) is 7.86. The molecule has 0 aliphatic heterocycles. The highest BCUT2D eigenvalue weighted by Gasteiger charge is 2.32. The van der Waals surface area contributed by atoms with Gasteiger partial charge in [-0.15, -0.1) is 0 Å². The number of rotatable bonds is 2. The van der Waals surface area contributed by atoms with E-state index >= 15 is 0 Å². The predicted molar refractivity (Wildman–Crippen MR) is 86.2 cm³/mol. The van der Waals surface area contributed by atoms with Gasteiger partial charge in [-0.3, -0.25) is 9.36 Å². The lowest BCUT2D eigenvalue weighted by Gasteiger charge is -2.20. The Bertz CT molecular complexity index is 1030. The van der Waals surface area contributed by atoms with Crippen LogP contribution in [0.25, 0.3) is 10.9 Å². The maximum absolute atomic E-state index is 14.2. The fourth-order valence-electron chi connectivity index (χ4n) is 2.56. The summed E-state index contributed by atoms with van der Waals surface area (Å²) in [6.07, 6.45) is -0.0997. The van der Waals surface area contributed by atoms with E-state index in [0.717, 1.165) is 4.57 Å². The van der Waals surface area contributed by atoms with E-state index in [9.17, 15) is 27.6 Å². The summed E-state index contributed by atoms with van der Waals surface area (Å²) in [5, 5.41) is -0.566. The van der Waals surface area contributed by atoms with Crippen LogP contribution in [0, 0.1) is 17.5 Å². The lowest BCUT2D eigenvalue weighted by atomic mass is 10.2. The molecule has 0 unspecified atom stereocenters. The van der Waals surface area contributed by atoms with Gasteiger partial charge in [0.25, 0.3) is 5.56 Å². The summed E-state index contributed by atoms with van der Waals surface area (Å²) < 4.78 is 47.6. The number of aromatic nitrogens is 2. The van der Waals surface area contributed by atoms with Crippen molar-refractivity contribution in [3.05, 3.63) is 44.4 Å². The number of hydrogen-bond donors (Lipinski definition) is 1. The third-order valence-corrected chi connectivity index (χ3v) is 3.72. The number of nitrogens with zero attached hydrogens (tertiary/aromatic N) is 2. The number of ether oxygens (including phenoxy) is 1. The zero-order valence-corrected chi connectivity index (χ0v) is 14.2. The maximum atomic E-state index is 14.2. The zero-order chi connectivity index (χ0) is 19.4. The van der Waals surface area contributed by atoms with Crippen LogP contribution >= 0.6 is 0 Å². The van der Waals surface area contributed by atoms with Crippen LogP contribution in [0.5, 0.6) is 0 Å². The van der Waals surface area contributed by atoms with Gasteiger partial charge in [0.2, 0.25) is 0 Å². The number of nitrogens with one attached hydrogen (secondary N) is 1. The first-order chi connectivity index (χ1) is 12.0. The van der Waals surface area contributed by atoms with Crippen molar-refractivity contribution >= 4 is 17.0 Å². The molecule has 7 nitrogen and oxygen atoms in total. The highest BCUT2D eigenvalue weighted by molar-refractivity contribution is 5.81. The summed E-state index contributed by atoms with van der Waals surface area (Å²) in [4.78, 5) is 37.0. The number of benzene rings is 1. The molecule has 1 saturated carbocycles. The Morgan fingerprint density at radius 1 is 1.19 bits per heavy atom. The van der Waals surface area contributed by atoms with E-state index in [-0.39, 0.29) is 0 Å². The van der Waals surface area contributed by atoms with Gasteiger partial charge in [-0.2, -0.15) is 4.68 Å². The Labute approximate surface area is 145 Å². The fourth-order valence-corrected chi connectivity index (χ4v) is 2.56. The minimum absolute atomic E-state index is 0.311. The Hall–Kier alpha value is -2.78. The molecule has 0 radical (unpaired) electrons. The predicted octanol–water partition coefficient (Wildman–Crippen LogP) is 2.39. The van der Waals surface area contributed by atoms with E-state index in [1.54, 1.807) is 20.8 Å². The summed E-state index contributed by atoms with van der Waals surface area (Å²) in [6.45, 7) is 4.73. The molecule has 0 bridgehead atoms. The second-order valence-corrected chi connectivity index (χ2v) is 7.02. The molecular weight excluding hydrogens is 355 g/mol. The normalized spacial score (nSPS) is 14.5. The smallest absolute Gasteiger partial charge is 0.427 e. The van der Waals surface area contributed by atoms with Crippen molar-refractivity contribution in [2.24, 2.45) is 0 Å². The van der Waals surface area contributed by atoms with E-state index in [2.05, 4.69) is 0 Å². The van der Waals surface area contributed by atoms with Crippen molar-refractivity contribution in [1.29, 1.82) is 0 Å². The molecule has 1 N–H and O–H groups in total. The minimum Gasteiger partial charge on any atom is -0.443 e. The fraction of sp³-hybridized carbons (Fsp3) is 0.438. The number of carbonyl (C=O) groups is 1. The van der Waals surface area contributed by atoms with E-state index in [0.29, 0.717) is 23.6 Å². The molecule has 1 aliphatic rings. The van der Waals surface area contributed by atoms with Crippen molar-refractivity contribution in [1.82, 2.24) is 9.24 Å². The van der Waals surface area contributed by atoms with E-state index in [4.69, 9.17) is 4.74 Å². The summed E-state index contributed by atoms with van der Waals surface area (Å²) in [5.74, 6) is -4.97. The second kappa shape index (κ2) is 5.89. The average molecular weight is 371 g/mol. The molecular formula is C16H16F3N3O4. The molecule has 3 rings (SSSR count). The molecule has 1 aromatic carbocycles. The number of hydrogen-bond acceptors (Lipinski definition) is 4. The molecule has 2 aromatic rings. The van der Waals surface area contributed by atoms with E-state index < -0.39 is 57.3 Å². The van der Waals surface area contributed by atoms with Gasteiger partial charge in [-0.25, -0.2) is 28.2 Å². The highest BCUT2D eigenvalue weighted by atomic mass is 19.2. The van der Waals surface area contributed by atoms with Crippen molar-refractivity contribution in [3.63, 3.8) is 0 Å². The number of fused-ring (bicyclic) bond motifs is 1. The standard InChI is InChI=1S/C16H16F3N3O4/c1-16(2,3)26-14(24)20-22-13(23)8-6-9(17)10(18)11(19)12(8)21(15(22)25)7-4-5-7/h6-7H,4-5H2,1-3H3,(H,20,24). The van der Waals surface area contributed by atoms with Crippen LogP contribution < -0.4 is 16.7 Å². The van der Waals surface area contributed by atoms with Crippen LogP contribution in [0.3, 0.4) is 0 Å². The molecule has 1 fully saturated rings. The first kappa shape index (κ1) is 18.0. The molecule has 0 atom stereocenters. The maximum Gasteiger partial charge on any atom is 0.427 e. The topological polar surface area (TPSA) is 82.3 Å². The molecule has 1 amide bonds. The lowest BCUT2D eigenvalue weighted by molar-refractivity contribution is 0.0610. The number of amides is 1. The van der Waals surface area contributed by atoms with E-state index in [1.807, 2.05) is 5.43 Å². The van der Waals surface area contributed by atoms with Gasteiger partial charge in [-0.1, -0.05) is 0 Å². The van der Waals surface area contributed by atoms with Crippen LogP contribution in [-0.2, 0) is 4.74 Å². The van der Waals surface area contributed by atoms with Crippen LogP contribution in [0.4, 0.5) is 18.0 Å². The Morgan fingerprint density at radius 3 is 2.35 bits per heavy atom. The third-order valence-electron chi connectivity index (χ3n) is 3.72. The van der Waals surface area contributed by atoms with Gasteiger partial charge in [-0.05, 0) is 39.7 Å². The Morgan fingerprint density at radius 2 is 1.81 bits per heavy atom. The lowest BCUT2D eigenvalue weighted by Crippen LogP contribution is -2.48. The van der Waals surface area contributed by atoms with Gasteiger partial charge in [0, 0.05) is 6.04 Å². The van der Waals surface area contributed by atoms with Crippen molar-refractivity contribution in [2.75, 3.05) is 5.43 Å². The molecule has 10 heteroatoms. The summed E-state index contributed by atoms with van der Waals surface area (Å²) in [6, 6.07) is 0.0263. The SMILES string of the molecule is CC(C)(C)OC(=O)Nn1c(=O)c2cc(F)c(F)c(F)c2n(C2CC2)c1=O. The summed E-state index contributed by atoms with van der Waals surface area (Å²) in [5.41, 5.74) is -1.81. The van der Waals surface area contributed by atoms with Crippen LogP contribution in [0.15, 0.2) is 15.7 Å². The molecule has 0 spiro atoms. The van der Waals surface area contributed by atoms with Crippen molar-refractivity contribution in [3.8, 4) is 0 Å². The van der Waals surface area contributed by atoms with Gasteiger partial charge < -0.3 is 4.74 Å². The molecule has 26 heavy (non-hydrogen) atoms. The average Bonchev–Trinajstić information content (AvgIpc) is 3.33. The molecule has 1 aromatic heterocycles. The van der Waals surface area contributed by atoms with Gasteiger partial charge >= 0.3 is 11.8 Å². The van der Waals surface area contributed by atoms with Gasteiger partial charge in [0.05, 0.1) is 10.9 Å². The quantitative estimate of drug-likeness (QED) is 0.822. The molecule has 140 valence electrons. The first-order valence-electron chi connectivity index (χ1n) is 7.86. The molecule has 1 heterocycles. The highest BCUT2D eigenvalue weighted by Crippen LogP contribution is 2.36. The van der Waals surface area contributed by atoms with Gasteiger partial charge in [0.1, 0.15) is 5.60 Å². The van der Waals surface area contributed by atoms with Crippen molar-refractivity contribution in [2.45, 2.75) is 45.3 Å². The van der Waals surface area contributed by atoms with Crippen LogP contribution in [-0.4, -0.2) is 20.9 Å². The second-order valence-electron chi connectivity index (χ2n) is 7.02. The number of carbonyl (C=O) groups excluding carboxylic acids is 1. The third kappa shape index (κ3) is 3.06. The summed E-state index contributed by atoms with van der Waals surface area (Å²) >= 11 is 0. The van der Waals surface area contributed by atoms with Crippen molar-refractivity contribution < 1.29 is 22.7 Å². The minimum atomic E-state index is -1.77. The Kier molecular flexibility index (Phi) is 4.08. The Balaban J connectivity index is 2.26. The van der Waals surface area contributed by atoms with Gasteiger partial charge in [0.15, 0.2) is 17.5 Å². The van der Waals surface area contributed by atoms with E-state index in [1.165, 1.54) is 0 Å². The number of halogens is 3.